The third-order valence-corrected chi connectivity index (χ3v) is 10.2. The molecule has 4 aromatic rings. The first-order valence-corrected chi connectivity index (χ1v) is 14.9. The summed E-state index contributed by atoms with van der Waals surface area (Å²) in [6.07, 6.45) is 3.72. The van der Waals surface area contributed by atoms with Crippen molar-refractivity contribution in [1.29, 1.82) is 0 Å². The summed E-state index contributed by atoms with van der Waals surface area (Å²) in [5.41, 5.74) is 0. The van der Waals surface area contributed by atoms with E-state index in [0.29, 0.717) is 0 Å². The summed E-state index contributed by atoms with van der Waals surface area (Å²) >= 11 is 0. The van der Waals surface area contributed by atoms with Crippen molar-refractivity contribution in [2.45, 2.75) is 13.3 Å². The molecule has 0 saturated carbocycles. The molecular formula is C32H32MnO4P2. The topological polar surface area (TPSA) is 79.9 Å². The fourth-order valence-electron chi connectivity index (χ4n) is 3.63. The van der Waals surface area contributed by atoms with Gasteiger partial charge in [0.15, 0.2) is 0 Å². The normalized spacial score (nSPS) is 8.87. The van der Waals surface area contributed by atoms with E-state index in [4.69, 9.17) is 19.1 Å². The molecule has 7 heteroatoms. The molecule has 0 aromatic heterocycles. The van der Waals surface area contributed by atoms with Crippen molar-refractivity contribution >= 4 is 37.1 Å². The Kier molecular flexibility index (Phi) is 26.7. The van der Waals surface area contributed by atoms with Crippen molar-refractivity contribution in [1.82, 2.24) is 0 Å². The van der Waals surface area contributed by atoms with Crippen LogP contribution in [0.25, 0.3) is 0 Å². The van der Waals surface area contributed by atoms with E-state index in [0.717, 1.165) is 0 Å². The Morgan fingerprint density at radius 1 is 0.487 bits per heavy atom. The zero-order valence-corrected chi connectivity index (χ0v) is 24.8. The summed E-state index contributed by atoms with van der Waals surface area (Å²) in [4.78, 5) is 0. The molecule has 1 radical (unpaired) electrons. The van der Waals surface area contributed by atoms with Crippen LogP contribution in [0.5, 0.6) is 0 Å². The molecule has 0 atom stereocenters. The molecule has 0 bridgehead atoms. The van der Waals surface area contributed by atoms with Crippen LogP contribution in [0.15, 0.2) is 121 Å². The SMILES string of the molecule is CCO.[C-]#[O+].[C-]#[O+].[C-]#[O+].[Mn].c1ccc(P(CCCP(c2ccccc2)c2ccccc2)c2ccccc2)cc1. The number of aliphatic hydroxyl groups excluding tert-OH is 1. The Morgan fingerprint density at radius 3 is 0.846 bits per heavy atom. The van der Waals surface area contributed by atoms with Crippen molar-refractivity contribution in [2.24, 2.45) is 0 Å². The number of benzene rings is 4. The van der Waals surface area contributed by atoms with Gasteiger partial charge in [-0.25, -0.2) is 0 Å². The van der Waals surface area contributed by atoms with Crippen molar-refractivity contribution in [3.05, 3.63) is 141 Å². The largest absolute Gasteiger partial charge is 0.0622 e. The van der Waals surface area contributed by atoms with Gasteiger partial charge in [-0.2, -0.15) is 0 Å². The average molecular weight is 597 g/mol. The summed E-state index contributed by atoms with van der Waals surface area (Å²) in [5, 5.41) is 13.5. The van der Waals surface area contributed by atoms with Gasteiger partial charge < -0.3 is 5.11 Å². The maximum absolute atomic E-state index is 7.57. The second kappa shape index (κ2) is 27.0. The van der Waals surface area contributed by atoms with Gasteiger partial charge >= 0.3 is 33.9 Å². The predicted octanol–water partition coefficient (Wildman–Crippen LogP) is 5.53. The van der Waals surface area contributed by atoms with E-state index in [1.807, 2.05) is 0 Å². The zero-order chi connectivity index (χ0) is 28.4. The monoisotopic (exact) mass is 597 g/mol. The minimum atomic E-state index is -0.309. The number of rotatable bonds is 8. The van der Waals surface area contributed by atoms with E-state index in [9.17, 15) is 0 Å². The molecule has 201 valence electrons. The quantitative estimate of drug-likeness (QED) is 0.123. The van der Waals surface area contributed by atoms with Crippen molar-refractivity contribution < 1.29 is 36.1 Å². The van der Waals surface area contributed by atoms with E-state index < -0.39 is 0 Å². The third-order valence-electron chi connectivity index (χ3n) is 5.03. The fraction of sp³-hybridized carbons (Fsp3) is 0.156. The molecule has 1 N–H and O–H groups in total. The number of aliphatic hydroxyl groups is 1. The Balaban J connectivity index is 0. The molecule has 0 spiro atoms. The van der Waals surface area contributed by atoms with Crippen LogP contribution >= 0.6 is 15.8 Å². The van der Waals surface area contributed by atoms with Crippen LogP contribution in [0.4, 0.5) is 0 Å². The van der Waals surface area contributed by atoms with Gasteiger partial charge in [0.1, 0.15) is 0 Å². The van der Waals surface area contributed by atoms with E-state index in [2.05, 4.69) is 141 Å². The van der Waals surface area contributed by atoms with Gasteiger partial charge in [0.05, 0.1) is 0 Å². The van der Waals surface area contributed by atoms with Gasteiger partial charge in [0, 0.05) is 23.7 Å². The van der Waals surface area contributed by atoms with Gasteiger partial charge in [-0.15, -0.1) is 0 Å². The van der Waals surface area contributed by atoms with Crippen molar-refractivity contribution in [2.75, 3.05) is 18.9 Å². The molecule has 0 fully saturated rings. The minimum absolute atomic E-state index is 0. The Labute approximate surface area is 246 Å². The second-order valence-electron chi connectivity index (χ2n) is 7.32. The van der Waals surface area contributed by atoms with Gasteiger partial charge in [0.25, 0.3) is 0 Å². The van der Waals surface area contributed by atoms with Crippen LogP contribution in [0.1, 0.15) is 13.3 Å². The van der Waals surface area contributed by atoms with E-state index in [1.165, 1.54) is 40.0 Å². The maximum atomic E-state index is 7.57. The number of hydrogen-bond acceptors (Lipinski definition) is 1. The number of hydrogen-bond donors (Lipinski definition) is 1. The summed E-state index contributed by atoms with van der Waals surface area (Å²) in [6.45, 7) is 15.4. The van der Waals surface area contributed by atoms with Crippen LogP contribution in [-0.4, -0.2) is 24.0 Å². The molecule has 0 unspecified atom stereocenters. The predicted molar refractivity (Wildman–Crippen MR) is 157 cm³/mol. The molecule has 0 saturated heterocycles. The van der Waals surface area contributed by atoms with Gasteiger partial charge in [-0.05, 0) is 62.7 Å². The Hall–Kier alpha value is -2.56. The molecule has 0 aliphatic heterocycles. The zero-order valence-electron chi connectivity index (χ0n) is 21.8. The van der Waals surface area contributed by atoms with Crippen LogP contribution in [0, 0.1) is 20.0 Å². The average Bonchev–Trinajstić information content (AvgIpc) is 3.02. The summed E-state index contributed by atoms with van der Waals surface area (Å²) in [5.74, 6) is 0. The molecule has 0 amide bonds. The summed E-state index contributed by atoms with van der Waals surface area (Å²) in [7, 11) is -0.618. The molecule has 0 aliphatic rings. The van der Waals surface area contributed by atoms with E-state index >= 15 is 0 Å². The van der Waals surface area contributed by atoms with Crippen LogP contribution < -0.4 is 21.2 Å². The minimum Gasteiger partial charge on any atom is -0.0622 e. The van der Waals surface area contributed by atoms with Gasteiger partial charge in [0.2, 0.25) is 0 Å². The van der Waals surface area contributed by atoms with Crippen molar-refractivity contribution in [3.63, 3.8) is 0 Å². The van der Waals surface area contributed by atoms with E-state index in [1.54, 1.807) is 6.92 Å². The summed E-state index contributed by atoms with van der Waals surface area (Å²) < 4.78 is 22.5. The first-order chi connectivity index (χ1) is 18.8. The third kappa shape index (κ3) is 15.0. The molecule has 39 heavy (non-hydrogen) atoms. The van der Waals surface area contributed by atoms with Crippen LogP contribution in [0.3, 0.4) is 0 Å². The smallest absolute Gasteiger partial charge is 0 e. The fourth-order valence-corrected chi connectivity index (χ4v) is 8.59. The molecule has 0 heterocycles. The van der Waals surface area contributed by atoms with Crippen LogP contribution in [-0.2, 0) is 31.0 Å². The second-order valence-corrected chi connectivity index (χ2v) is 12.0. The Morgan fingerprint density at radius 2 is 0.667 bits per heavy atom. The molecular weight excluding hydrogens is 565 g/mol. The molecule has 0 aliphatic carbocycles. The van der Waals surface area contributed by atoms with Crippen molar-refractivity contribution in [3.8, 4) is 0 Å². The van der Waals surface area contributed by atoms with Gasteiger partial charge in [-0.3, -0.25) is 0 Å². The molecule has 4 nitrogen and oxygen atoms in total. The Bertz CT molecular complexity index is 963. The summed E-state index contributed by atoms with van der Waals surface area (Å²) in [6, 6.07) is 44.3. The first-order valence-electron chi connectivity index (χ1n) is 11.8. The first kappa shape index (κ1) is 38.6. The molecule has 4 aromatic carbocycles. The van der Waals surface area contributed by atoms with Gasteiger partial charge in [-0.1, -0.05) is 121 Å². The maximum Gasteiger partial charge on any atom is 0 e. The van der Waals surface area contributed by atoms with E-state index in [-0.39, 0.29) is 39.5 Å². The standard InChI is InChI=1S/C27H26P2.C2H6O.3CO.Mn/c1-5-14-24(15-6-1)28(25-16-7-2-8-17-25)22-13-23-29(26-18-9-3-10-19-26)27-20-11-4-12-21-27;1-2-3;3*1-2;/h1-12,14-21H,13,22-23H2;3H,2H2,1H3;;;;. The molecule has 4 rings (SSSR count). The van der Waals surface area contributed by atoms with Crippen LogP contribution in [0.2, 0.25) is 0 Å².